The molecule has 0 radical (unpaired) electrons. The molecule has 0 saturated heterocycles. The Kier molecular flexibility index (Phi) is 6.96. The number of rotatable bonds is 9. The lowest BCUT2D eigenvalue weighted by atomic mass is 10.0. The van der Waals surface area contributed by atoms with E-state index in [1.807, 2.05) is 60.7 Å². The predicted molar refractivity (Wildman–Crippen MR) is 141 cm³/mol. The van der Waals surface area contributed by atoms with Gasteiger partial charge in [-0.1, -0.05) is 60.7 Å². The number of fused-ring (bicyclic) bond motifs is 3. The van der Waals surface area contributed by atoms with E-state index in [1.54, 1.807) is 25.3 Å². The van der Waals surface area contributed by atoms with Crippen LogP contribution in [0.3, 0.4) is 0 Å². The zero-order chi connectivity index (χ0) is 25.8. The smallest absolute Gasteiger partial charge is 0.348 e. The van der Waals surface area contributed by atoms with Crippen molar-refractivity contribution in [2.75, 3.05) is 14.2 Å². The fourth-order valence-electron chi connectivity index (χ4n) is 4.31. The van der Waals surface area contributed by atoms with Gasteiger partial charge in [-0.05, 0) is 28.8 Å². The first kappa shape index (κ1) is 24.2. The molecule has 4 aromatic carbocycles. The molecule has 188 valence electrons. The molecule has 1 N–H and O–H groups in total. The summed E-state index contributed by atoms with van der Waals surface area (Å²) in [5.41, 5.74) is 1.97. The number of hydrogen-bond donors (Lipinski definition) is 1. The maximum Gasteiger partial charge on any atom is 0.348 e. The van der Waals surface area contributed by atoms with Gasteiger partial charge in [-0.15, -0.1) is 0 Å². The van der Waals surface area contributed by atoms with Gasteiger partial charge in [0, 0.05) is 16.8 Å². The Labute approximate surface area is 213 Å². The molecule has 0 saturated carbocycles. The van der Waals surface area contributed by atoms with E-state index in [0.717, 1.165) is 11.1 Å². The summed E-state index contributed by atoms with van der Waals surface area (Å²) >= 11 is 0. The van der Waals surface area contributed by atoms with Crippen molar-refractivity contribution in [1.82, 2.24) is 0 Å². The standard InChI is InChI=1S/C30H26O7/c1-33-22-14-23-26-21(16-31)13-25(34-2)28(36-18-20-11-7-4-8-12-20)29(26)37-30(32)27(23)24(15-22)35-17-19-9-5-3-6-10-19/h3-15,31H,16-18H2,1-2H3. The molecular formula is C30H26O7. The fraction of sp³-hybridized carbons (Fsp3) is 0.167. The van der Waals surface area contributed by atoms with Crippen molar-refractivity contribution in [3.63, 3.8) is 0 Å². The van der Waals surface area contributed by atoms with Crippen molar-refractivity contribution in [3.8, 4) is 23.0 Å². The lowest BCUT2D eigenvalue weighted by molar-refractivity contribution is 0.275. The van der Waals surface area contributed by atoms with Crippen molar-refractivity contribution in [1.29, 1.82) is 0 Å². The number of ether oxygens (including phenoxy) is 4. The number of benzene rings is 4. The van der Waals surface area contributed by atoms with Gasteiger partial charge in [-0.3, -0.25) is 0 Å². The molecule has 5 aromatic rings. The highest BCUT2D eigenvalue weighted by molar-refractivity contribution is 6.10. The molecule has 7 nitrogen and oxygen atoms in total. The van der Waals surface area contributed by atoms with Gasteiger partial charge in [0.15, 0.2) is 11.3 Å². The third kappa shape index (κ3) is 4.81. The minimum atomic E-state index is -0.602. The van der Waals surface area contributed by atoms with Crippen molar-refractivity contribution in [3.05, 3.63) is 106 Å². The Morgan fingerprint density at radius 2 is 1.41 bits per heavy atom. The highest BCUT2D eigenvalue weighted by Crippen LogP contribution is 2.43. The summed E-state index contributed by atoms with van der Waals surface area (Å²) in [4.78, 5) is 13.4. The molecule has 0 spiro atoms. The highest BCUT2D eigenvalue weighted by atomic mass is 16.5. The number of hydrogen-bond acceptors (Lipinski definition) is 7. The number of aliphatic hydroxyl groups excluding tert-OH is 1. The van der Waals surface area contributed by atoms with Crippen LogP contribution < -0.4 is 24.6 Å². The quantitative estimate of drug-likeness (QED) is 0.209. The molecule has 37 heavy (non-hydrogen) atoms. The van der Waals surface area contributed by atoms with Crippen LogP contribution in [0.25, 0.3) is 21.7 Å². The Morgan fingerprint density at radius 1 is 0.757 bits per heavy atom. The molecule has 0 aliphatic rings. The maximum atomic E-state index is 13.4. The molecule has 0 bridgehead atoms. The number of methoxy groups -OCH3 is 2. The van der Waals surface area contributed by atoms with Crippen LogP contribution in [-0.4, -0.2) is 19.3 Å². The van der Waals surface area contributed by atoms with Gasteiger partial charge in [-0.25, -0.2) is 4.79 Å². The summed E-state index contributed by atoms with van der Waals surface area (Å²) in [7, 11) is 3.04. The third-order valence-electron chi connectivity index (χ3n) is 6.12. The normalized spacial score (nSPS) is 11.0. The van der Waals surface area contributed by atoms with Gasteiger partial charge in [0.2, 0.25) is 5.75 Å². The molecule has 0 amide bonds. The second kappa shape index (κ2) is 10.6. The molecular weight excluding hydrogens is 472 g/mol. The van der Waals surface area contributed by atoms with Crippen LogP contribution in [0.2, 0.25) is 0 Å². The van der Waals surface area contributed by atoms with E-state index in [-0.39, 0.29) is 36.5 Å². The van der Waals surface area contributed by atoms with Crippen molar-refractivity contribution in [2.24, 2.45) is 0 Å². The van der Waals surface area contributed by atoms with E-state index in [0.29, 0.717) is 33.6 Å². The molecule has 0 aliphatic carbocycles. The van der Waals surface area contributed by atoms with Gasteiger partial charge < -0.3 is 28.5 Å². The Hall–Kier alpha value is -4.49. The van der Waals surface area contributed by atoms with Crippen molar-refractivity contribution >= 4 is 21.7 Å². The van der Waals surface area contributed by atoms with Crippen LogP contribution in [0.4, 0.5) is 0 Å². The largest absolute Gasteiger partial charge is 0.497 e. The molecule has 7 heteroatoms. The zero-order valence-corrected chi connectivity index (χ0v) is 20.5. The summed E-state index contributed by atoms with van der Waals surface area (Å²) < 4.78 is 29.1. The molecule has 0 fully saturated rings. The molecule has 0 atom stereocenters. The molecule has 1 aromatic heterocycles. The second-order valence-corrected chi connectivity index (χ2v) is 8.42. The van der Waals surface area contributed by atoms with Crippen LogP contribution in [0.5, 0.6) is 23.0 Å². The predicted octanol–water partition coefficient (Wildman–Crippen LogP) is 5.61. The SMILES string of the molecule is COc1cc(OCc2ccccc2)c2c(=O)oc3c(OCc4ccccc4)c(OC)cc(CO)c3c2c1. The third-order valence-corrected chi connectivity index (χ3v) is 6.12. The summed E-state index contributed by atoms with van der Waals surface area (Å²) in [6.45, 7) is 0.170. The lowest BCUT2D eigenvalue weighted by Gasteiger charge is -2.17. The monoisotopic (exact) mass is 498 g/mol. The van der Waals surface area contributed by atoms with E-state index < -0.39 is 5.63 Å². The first-order chi connectivity index (χ1) is 18.1. The molecule has 0 aliphatic heterocycles. The summed E-state index contributed by atoms with van der Waals surface area (Å²) in [6, 6.07) is 24.3. The van der Waals surface area contributed by atoms with Crippen molar-refractivity contribution < 1.29 is 28.5 Å². The van der Waals surface area contributed by atoms with Gasteiger partial charge in [0.1, 0.15) is 30.1 Å². The van der Waals surface area contributed by atoms with Crippen LogP contribution in [0.1, 0.15) is 16.7 Å². The van der Waals surface area contributed by atoms with Crippen LogP contribution in [0.15, 0.2) is 88.1 Å². The van der Waals surface area contributed by atoms with E-state index in [2.05, 4.69) is 0 Å². The molecule has 5 rings (SSSR count). The maximum absolute atomic E-state index is 13.4. The second-order valence-electron chi connectivity index (χ2n) is 8.42. The lowest BCUT2D eigenvalue weighted by Crippen LogP contribution is -2.07. The summed E-state index contributed by atoms with van der Waals surface area (Å²) in [5, 5.41) is 11.5. The Bertz CT molecular complexity index is 1590. The highest BCUT2D eigenvalue weighted by Gasteiger charge is 2.23. The average molecular weight is 499 g/mol. The van der Waals surface area contributed by atoms with E-state index >= 15 is 0 Å². The topological polar surface area (TPSA) is 87.4 Å². The zero-order valence-electron chi connectivity index (χ0n) is 20.5. The fourth-order valence-corrected chi connectivity index (χ4v) is 4.31. The van der Waals surface area contributed by atoms with E-state index in [4.69, 9.17) is 23.4 Å². The van der Waals surface area contributed by atoms with Crippen LogP contribution >= 0.6 is 0 Å². The minimum absolute atomic E-state index is 0.180. The van der Waals surface area contributed by atoms with Crippen LogP contribution in [0, 0.1) is 0 Å². The summed E-state index contributed by atoms with van der Waals surface area (Å²) in [5.74, 6) is 1.43. The van der Waals surface area contributed by atoms with E-state index in [1.165, 1.54) is 7.11 Å². The average Bonchev–Trinajstić information content (AvgIpc) is 2.95. The first-order valence-corrected chi connectivity index (χ1v) is 11.8. The van der Waals surface area contributed by atoms with Crippen LogP contribution in [-0.2, 0) is 19.8 Å². The summed E-state index contributed by atoms with van der Waals surface area (Å²) in [6.07, 6.45) is 0. The molecule has 1 heterocycles. The van der Waals surface area contributed by atoms with Gasteiger partial charge in [-0.2, -0.15) is 0 Å². The molecule has 0 unspecified atom stereocenters. The van der Waals surface area contributed by atoms with Gasteiger partial charge in [0.25, 0.3) is 0 Å². The van der Waals surface area contributed by atoms with E-state index in [9.17, 15) is 9.90 Å². The Morgan fingerprint density at radius 3 is 2.00 bits per heavy atom. The Balaban J connectivity index is 1.71. The first-order valence-electron chi connectivity index (χ1n) is 11.8. The van der Waals surface area contributed by atoms with Gasteiger partial charge >= 0.3 is 5.63 Å². The number of aliphatic hydroxyl groups is 1. The minimum Gasteiger partial charge on any atom is -0.497 e. The van der Waals surface area contributed by atoms with Crippen molar-refractivity contribution in [2.45, 2.75) is 19.8 Å². The van der Waals surface area contributed by atoms with Gasteiger partial charge in [0.05, 0.1) is 20.8 Å².